The van der Waals surface area contributed by atoms with Crippen LogP contribution in [0.5, 0.6) is 0 Å². The molecule has 0 aliphatic heterocycles. The van der Waals surface area contributed by atoms with Gasteiger partial charge < -0.3 is 11.1 Å². The number of anilines is 1. The van der Waals surface area contributed by atoms with E-state index in [2.05, 4.69) is 10.3 Å². The summed E-state index contributed by atoms with van der Waals surface area (Å²) in [5, 5.41) is 7.12. The van der Waals surface area contributed by atoms with E-state index in [4.69, 9.17) is 5.73 Å². The second kappa shape index (κ2) is 4.52. The van der Waals surface area contributed by atoms with Gasteiger partial charge in [0.15, 0.2) is 5.13 Å². The number of carbonyl (C=O) groups is 1. The van der Waals surface area contributed by atoms with E-state index < -0.39 is 0 Å². The van der Waals surface area contributed by atoms with Crippen LogP contribution >= 0.6 is 22.7 Å². The SMILES string of the molecule is NCC(=O)Nc1nc(-c2cccs2)cs1. The third-order valence-electron chi connectivity index (χ3n) is 1.71. The second-order valence-corrected chi connectivity index (χ2v) is 4.57. The van der Waals surface area contributed by atoms with Crippen LogP contribution in [0, 0.1) is 0 Å². The molecule has 6 heteroatoms. The molecule has 0 aliphatic rings. The van der Waals surface area contributed by atoms with Crippen molar-refractivity contribution in [1.82, 2.24) is 4.98 Å². The Hall–Kier alpha value is -1.24. The van der Waals surface area contributed by atoms with Gasteiger partial charge in [-0.2, -0.15) is 0 Å². The Labute approximate surface area is 94.8 Å². The summed E-state index contributed by atoms with van der Waals surface area (Å²) in [5.74, 6) is -0.220. The number of nitrogens with one attached hydrogen (secondary N) is 1. The van der Waals surface area contributed by atoms with Crippen molar-refractivity contribution in [3.8, 4) is 10.6 Å². The molecule has 3 N–H and O–H groups in total. The Morgan fingerprint density at radius 3 is 3.07 bits per heavy atom. The molecule has 0 radical (unpaired) electrons. The van der Waals surface area contributed by atoms with Crippen LogP contribution in [0.25, 0.3) is 10.6 Å². The molecule has 15 heavy (non-hydrogen) atoms. The third kappa shape index (κ3) is 2.41. The monoisotopic (exact) mass is 239 g/mol. The summed E-state index contributed by atoms with van der Waals surface area (Å²) in [6.07, 6.45) is 0. The van der Waals surface area contributed by atoms with Gasteiger partial charge in [-0.25, -0.2) is 4.98 Å². The minimum absolute atomic E-state index is 0.0199. The minimum Gasteiger partial charge on any atom is -0.322 e. The molecule has 0 unspecified atom stereocenters. The highest BCUT2D eigenvalue weighted by Crippen LogP contribution is 2.27. The summed E-state index contributed by atoms with van der Waals surface area (Å²) in [5.41, 5.74) is 6.08. The average Bonchev–Trinajstić information content (AvgIpc) is 2.85. The summed E-state index contributed by atoms with van der Waals surface area (Å²) < 4.78 is 0. The van der Waals surface area contributed by atoms with Gasteiger partial charge in [-0.3, -0.25) is 4.79 Å². The van der Waals surface area contributed by atoms with Crippen LogP contribution in [0.15, 0.2) is 22.9 Å². The van der Waals surface area contributed by atoms with Gasteiger partial charge in [-0.05, 0) is 11.4 Å². The predicted molar refractivity (Wildman–Crippen MR) is 63.1 cm³/mol. The number of thiophene rings is 1. The van der Waals surface area contributed by atoms with Crippen molar-refractivity contribution in [1.29, 1.82) is 0 Å². The van der Waals surface area contributed by atoms with Crippen LogP contribution in [0.3, 0.4) is 0 Å². The topological polar surface area (TPSA) is 68.0 Å². The van der Waals surface area contributed by atoms with E-state index in [0.717, 1.165) is 10.6 Å². The molecule has 0 aliphatic carbocycles. The quantitative estimate of drug-likeness (QED) is 0.857. The Kier molecular flexibility index (Phi) is 3.10. The molecule has 0 bridgehead atoms. The van der Waals surface area contributed by atoms with Crippen LogP contribution in [0.2, 0.25) is 0 Å². The van der Waals surface area contributed by atoms with E-state index in [1.807, 2.05) is 22.9 Å². The van der Waals surface area contributed by atoms with Crippen molar-refractivity contribution >= 4 is 33.7 Å². The maximum absolute atomic E-state index is 11.0. The van der Waals surface area contributed by atoms with E-state index in [0.29, 0.717) is 5.13 Å². The summed E-state index contributed by atoms with van der Waals surface area (Å²) in [4.78, 5) is 16.4. The lowest BCUT2D eigenvalue weighted by molar-refractivity contribution is -0.114. The predicted octanol–water partition coefficient (Wildman–Crippen LogP) is 1.77. The first-order valence-electron chi connectivity index (χ1n) is 4.29. The highest BCUT2D eigenvalue weighted by molar-refractivity contribution is 7.16. The van der Waals surface area contributed by atoms with Crippen LogP contribution in [-0.2, 0) is 4.79 Å². The lowest BCUT2D eigenvalue weighted by Gasteiger charge is -1.96. The molecule has 0 spiro atoms. The van der Waals surface area contributed by atoms with Crippen molar-refractivity contribution in [2.24, 2.45) is 5.73 Å². The first-order valence-corrected chi connectivity index (χ1v) is 6.05. The van der Waals surface area contributed by atoms with E-state index in [9.17, 15) is 4.79 Å². The van der Waals surface area contributed by atoms with Crippen molar-refractivity contribution < 1.29 is 4.79 Å². The normalized spacial score (nSPS) is 10.2. The van der Waals surface area contributed by atoms with Gasteiger partial charge >= 0.3 is 0 Å². The molecule has 4 nitrogen and oxygen atoms in total. The van der Waals surface area contributed by atoms with E-state index >= 15 is 0 Å². The van der Waals surface area contributed by atoms with Gasteiger partial charge in [-0.1, -0.05) is 6.07 Å². The van der Waals surface area contributed by atoms with E-state index in [1.165, 1.54) is 11.3 Å². The van der Waals surface area contributed by atoms with E-state index in [1.54, 1.807) is 11.3 Å². The lowest BCUT2D eigenvalue weighted by Crippen LogP contribution is -2.21. The second-order valence-electron chi connectivity index (χ2n) is 2.77. The van der Waals surface area contributed by atoms with E-state index in [-0.39, 0.29) is 12.5 Å². The van der Waals surface area contributed by atoms with Gasteiger partial charge in [0.05, 0.1) is 17.1 Å². The van der Waals surface area contributed by atoms with Crippen molar-refractivity contribution in [3.05, 3.63) is 22.9 Å². The zero-order valence-electron chi connectivity index (χ0n) is 7.77. The van der Waals surface area contributed by atoms with Crippen molar-refractivity contribution in [2.45, 2.75) is 0 Å². The number of thiazole rings is 1. The Morgan fingerprint density at radius 2 is 2.40 bits per heavy atom. The van der Waals surface area contributed by atoms with Crippen molar-refractivity contribution in [2.75, 3.05) is 11.9 Å². The molecule has 78 valence electrons. The molecule has 0 saturated carbocycles. The molecule has 2 aromatic rings. The Balaban J connectivity index is 2.14. The largest absolute Gasteiger partial charge is 0.322 e. The number of hydrogen-bond donors (Lipinski definition) is 2. The molecule has 2 heterocycles. The van der Waals surface area contributed by atoms with Crippen LogP contribution in [-0.4, -0.2) is 17.4 Å². The van der Waals surface area contributed by atoms with Gasteiger partial charge in [0, 0.05) is 5.38 Å². The molecule has 0 fully saturated rings. The number of nitrogens with two attached hydrogens (primary N) is 1. The summed E-state index contributed by atoms with van der Waals surface area (Å²) >= 11 is 3.02. The summed E-state index contributed by atoms with van der Waals surface area (Å²) in [6.45, 7) is -0.0199. The first kappa shape index (κ1) is 10.3. The molecular weight excluding hydrogens is 230 g/mol. The van der Waals surface area contributed by atoms with Gasteiger partial charge in [0.2, 0.25) is 5.91 Å². The first-order chi connectivity index (χ1) is 7.29. The standard InChI is InChI=1S/C9H9N3OS2/c10-4-8(13)12-9-11-6(5-15-9)7-2-1-3-14-7/h1-3,5H,4,10H2,(H,11,12,13). The fourth-order valence-corrected chi connectivity index (χ4v) is 2.53. The molecule has 1 amide bonds. The maximum atomic E-state index is 11.0. The highest BCUT2D eigenvalue weighted by Gasteiger charge is 2.06. The summed E-state index contributed by atoms with van der Waals surface area (Å²) in [6, 6.07) is 3.96. The summed E-state index contributed by atoms with van der Waals surface area (Å²) in [7, 11) is 0. The number of carbonyl (C=O) groups excluding carboxylic acids is 1. The number of rotatable bonds is 3. The Morgan fingerprint density at radius 1 is 1.53 bits per heavy atom. The zero-order chi connectivity index (χ0) is 10.7. The molecular formula is C9H9N3OS2. The lowest BCUT2D eigenvalue weighted by atomic mass is 10.4. The molecule has 0 atom stereocenters. The van der Waals surface area contributed by atoms with Crippen LogP contribution in [0.4, 0.5) is 5.13 Å². The Bertz CT molecular complexity index is 450. The number of nitrogens with zero attached hydrogens (tertiary/aromatic N) is 1. The minimum atomic E-state index is -0.220. The smallest absolute Gasteiger partial charge is 0.239 e. The zero-order valence-corrected chi connectivity index (χ0v) is 9.40. The molecule has 0 saturated heterocycles. The molecule has 2 rings (SSSR count). The molecule has 2 aromatic heterocycles. The number of hydrogen-bond acceptors (Lipinski definition) is 5. The fourth-order valence-electron chi connectivity index (χ4n) is 1.04. The van der Waals surface area contributed by atoms with Crippen molar-refractivity contribution in [3.63, 3.8) is 0 Å². The van der Waals surface area contributed by atoms with Crippen LogP contribution < -0.4 is 11.1 Å². The fraction of sp³-hybridized carbons (Fsp3) is 0.111. The average molecular weight is 239 g/mol. The molecule has 0 aromatic carbocycles. The third-order valence-corrected chi connectivity index (χ3v) is 3.36. The number of amides is 1. The maximum Gasteiger partial charge on any atom is 0.239 e. The van der Waals surface area contributed by atoms with Gasteiger partial charge in [0.25, 0.3) is 0 Å². The highest BCUT2D eigenvalue weighted by atomic mass is 32.1. The van der Waals surface area contributed by atoms with Gasteiger partial charge in [0.1, 0.15) is 0 Å². The van der Waals surface area contributed by atoms with Crippen LogP contribution in [0.1, 0.15) is 0 Å². The van der Waals surface area contributed by atoms with Gasteiger partial charge in [-0.15, -0.1) is 22.7 Å². The number of aromatic nitrogens is 1.